The van der Waals surface area contributed by atoms with E-state index in [-0.39, 0.29) is 5.92 Å². The first-order chi connectivity index (χ1) is 16.9. The lowest BCUT2D eigenvalue weighted by Crippen LogP contribution is -2.54. The molecule has 0 spiro atoms. The number of nitrogens with two attached hydrogens (primary N) is 1. The number of carboxylic acids is 1. The summed E-state index contributed by atoms with van der Waals surface area (Å²) in [7, 11) is 3.78. The first-order valence-corrected chi connectivity index (χ1v) is 15.5. The fourth-order valence-corrected chi connectivity index (χ4v) is 5.45. The normalized spacial score (nSPS) is 14.3. The Morgan fingerprint density at radius 3 is 1.26 bits per heavy atom. The second-order valence-electron chi connectivity index (χ2n) is 11.5. The molecule has 4 heteroatoms. The molecule has 0 aliphatic heterocycles. The molecular weight excluding hydrogens is 432 g/mol. The van der Waals surface area contributed by atoms with Gasteiger partial charge in [0.15, 0.2) is 0 Å². The summed E-state index contributed by atoms with van der Waals surface area (Å²) in [5.41, 5.74) is 4.91. The number of carboxylic acid groups (broad SMARTS) is 1. The van der Waals surface area contributed by atoms with E-state index in [0.29, 0.717) is 6.54 Å². The molecule has 0 saturated heterocycles. The number of hydrogen-bond acceptors (Lipinski definition) is 3. The number of rotatable bonds is 27. The molecule has 210 valence electrons. The lowest BCUT2D eigenvalue weighted by Gasteiger charge is -2.39. The summed E-state index contributed by atoms with van der Waals surface area (Å²) in [6.07, 6.45) is 30.5. The summed E-state index contributed by atoms with van der Waals surface area (Å²) in [5, 5.41) is 9.87. The van der Waals surface area contributed by atoms with E-state index in [1.165, 1.54) is 122 Å². The van der Waals surface area contributed by atoms with E-state index in [9.17, 15) is 9.90 Å². The predicted octanol–water partition coefficient (Wildman–Crippen LogP) is 8.96. The van der Waals surface area contributed by atoms with Gasteiger partial charge in [-0.3, -0.25) is 9.69 Å². The van der Waals surface area contributed by atoms with Crippen LogP contribution in [0.5, 0.6) is 0 Å². The lowest BCUT2D eigenvalue weighted by atomic mass is 9.78. The summed E-state index contributed by atoms with van der Waals surface area (Å²) < 4.78 is 0. The van der Waals surface area contributed by atoms with Crippen molar-refractivity contribution in [2.75, 3.05) is 20.6 Å². The molecule has 0 heterocycles. The number of likely N-dealkylation sites (N-methyl/N-ethyl adjacent to an activating group) is 1. The van der Waals surface area contributed by atoms with Crippen LogP contribution in [0, 0.1) is 5.92 Å². The Labute approximate surface area is 220 Å². The first-order valence-electron chi connectivity index (χ1n) is 15.5. The van der Waals surface area contributed by atoms with Gasteiger partial charge in [-0.05, 0) is 52.7 Å². The third-order valence-electron chi connectivity index (χ3n) is 8.32. The smallest absolute Gasteiger partial charge is 0.324 e. The molecule has 1 unspecified atom stereocenters. The maximum absolute atomic E-state index is 12.0. The van der Waals surface area contributed by atoms with Crippen LogP contribution in [-0.4, -0.2) is 42.2 Å². The number of nitrogens with zero attached hydrogens (tertiary/aromatic N) is 1. The Balaban J connectivity index is 3.61. The zero-order valence-electron chi connectivity index (χ0n) is 24.4. The summed E-state index contributed by atoms with van der Waals surface area (Å²) in [6, 6.07) is 0. The lowest BCUT2D eigenvalue weighted by molar-refractivity contribution is -0.153. The number of unbranched alkanes of at least 4 members (excludes halogenated alkanes) is 19. The molecule has 0 bridgehead atoms. The number of carbonyl (C=O) groups is 1. The van der Waals surface area contributed by atoms with Gasteiger partial charge in [0, 0.05) is 0 Å². The van der Waals surface area contributed by atoms with Crippen LogP contribution < -0.4 is 5.73 Å². The summed E-state index contributed by atoms with van der Waals surface area (Å²) in [6.45, 7) is 4.81. The topological polar surface area (TPSA) is 66.6 Å². The van der Waals surface area contributed by atoms with Crippen molar-refractivity contribution in [3.8, 4) is 0 Å². The van der Waals surface area contributed by atoms with Gasteiger partial charge in [0.05, 0.1) is 0 Å². The average Bonchev–Trinajstić information content (AvgIpc) is 2.83. The second kappa shape index (κ2) is 23.8. The Morgan fingerprint density at radius 1 is 0.657 bits per heavy atom. The Kier molecular flexibility index (Phi) is 23.4. The van der Waals surface area contributed by atoms with Crippen molar-refractivity contribution in [2.45, 2.75) is 167 Å². The van der Waals surface area contributed by atoms with E-state index in [1.54, 1.807) is 0 Å². The van der Waals surface area contributed by atoms with Crippen LogP contribution in [0.15, 0.2) is 0 Å². The van der Waals surface area contributed by atoms with Crippen molar-refractivity contribution in [2.24, 2.45) is 11.7 Å². The molecule has 0 fully saturated rings. The van der Waals surface area contributed by atoms with Gasteiger partial charge in [-0.1, -0.05) is 135 Å². The molecule has 0 aliphatic carbocycles. The summed E-state index contributed by atoms with van der Waals surface area (Å²) >= 11 is 0. The Morgan fingerprint density at radius 2 is 0.971 bits per heavy atom. The van der Waals surface area contributed by atoms with Gasteiger partial charge >= 0.3 is 5.97 Å². The minimum Gasteiger partial charge on any atom is -0.480 e. The van der Waals surface area contributed by atoms with Crippen LogP contribution in [0.25, 0.3) is 0 Å². The maximum Gasteiger partial charge on any atom is 0.324 e. The van der Waals surface area contributed by atoms with Gasteiger partial charge in [0.25, 0.3) is 0 Å². The first kappa shape index (κ1) is 34.4. The van der Waals surface area contributed by atoms with Gasteiger partial charge in [-0.25, -0.2) is 0 Å². The van der Waals surface area contributed by atoms with Crippen LogP contribution in [0.2, 0.25) is 0 Å². The van der Waals surface area contributed by atoms with E-state index < -0.39 is 11.5 Å². The third kappa shape index (κ3) is 17.5. The van der Waals surface area contributed by atoms with Crippen LogP contribution in [0.1, 0.15) is 162 Å². The third-order valence-corrected chi connectivity index (χ3v) is 8.32. The zero-order chi connectivity index (χ0) is 26.2. The maximum atomic E-state index is 12.0. The predicted molar refractivity (Wildman–Crippen MR) is 154 cm³/mol. The van der Waals surface area contributed by atoms with Crippen molar-refractivity contribution in [3.05, 3.63) is 0 Å². The fraction of sp³-hybridized carbons (Fsp3) is 0.968. The SMILES string of the molecule is CCCCCCCCCCCCCCCCCCCCCCC(CCCN)[C@@](C)(C(=O)O)N(C)C. The van der Waals surface area contributed by atoms with Gasteiger partial charge in [0.2, 0.25) is 0 Å². The van der Waals surface area contributed by atoms with E-state index >= 15 is 0 Å². The van der Waals surface area contributed by atoms with Crippen molar-refractivity contribution in [1.82, 2.24) is 4.90 Å². The highest BCUT2D eigenvalue weighted by atomic mass is 16.4. The van der Waals surface area contributed by atoms with Crippen LogP contribution in [-0.2, 0) is 4.79 Å². The van der Waals surface area contributed by atoms with Crippen molar-refractivity contribution in [1.29, 1.82) is 0 Å². The minimum absolute atomic E-state index is 0.161. The van der Waals surface area contributed by atoms with E-state index in [4.69, 9.17) is 5.73 Å². The molecule has 35 heavy (non-hydrogen) atoms. The van der Waals surface area contributed by atoms with Crippen LogP contribution in [0.4, 0.5) is 0 Å². The highest BCUT2D eigenvalue weighted by Crippen LogP contribution is 2.32. The standard InChI is InChI=1S/C31H64N2O2/c1-5-6-7-8-9-10-11-12-13-14-15-16-17-18-19-20-21-22-23-24-26-29(27-25-28-32)31(2,30(34)35)33(3)4/h29H,5-28,32H2,1-4H3,(H,34,35)/t29?,31-/m0/s1. The van der Waals surface area contributed by atoms with Crippen LogP contribution >= 0.6 is 0 Å². The average molecular weight is 497 g/mol. The van der Waals surface area contributed by atoms with Gasteiger partial charge < -0.3 is 10.8 Å². The quantitative estimate of drug-likeness (QED) is 0.111. The molecule has 0 radical (unpaired) electrons. The molecule has 0 aromatic heterocycles. The molecule has 3 N–H and O–H groups in total. The van der Waals surface area contributed by atoms with E-state index in [1.807, 2.05) is 25.9 Å². The van der Waals surface area contributed by atoms with Crippen molar-refractivity contribution < 1.29 is 9.90 Å². The number of hydrogen-bond donors (Lipinski definition) is 2. The van der Waals surface area contributed by atoms with Crippen molar-refractivity contribution >= 4 is 5.97 Å². The highest BCUT2D eigenvalue weighted by molar-refractivity contribution is 5.78. The largest absolute Gasteiger partial charge is 0.480 e. The van der Waals surface area contributed by atoms with E-state index in [0.717, 1.165) is 25.7 Å². The monoisotopic (exact) mass is 496 g/mol. The molecular formula is C31H64N2O2. The Hall–Kier alpha value is -0.610. The molecule has 0 aromatic carbocycles. The fourth-order valence-electron chi connectivity index (χ4n) is 5.45. The zero-order valence-corrected chi connectivity index (χ0v) is 24.4. The second-order valence-corrected chi connectivity index (χ2v) is 11.5. The van der Waals surface area contributed by atoms with E-state index in [2.05, 4.69) is 6.92 Å². The Bertz CT molecular complexity index is 469. The van der Waals surface area contributed by atoms with Crippen LogP contribution in [0.3, 0.4) is 0 Å². The molecule has 0 aromatic rings. The summed E-state index contributed by atoms with van der Waals surface area (Å²) in [4.78, 5) is 13.9. The molecule has 0 saturated carbocycles. The molecule has 0 aliphatic rings. The molecule has 0 rings (SSSR count). The minimum atomic E-state index is -0.803. The molecule has 4 nitrogen and oxygen atoms in total. The molecule has 2 atom stereocenters. The highest BCUT2D eigenvalue weighted by Gasteiger charge is 2.42. The van der Waals surface area contributed by atoms with Gasteiger partial charge in [-0.2, -0.15) is 0 Å². The molecule has 0 amide bonds. The summed E-state index contributed by atoms with van der Waals surface area (Å²) in [5.74, 6) is -0.549. The van der Waals surface area contributed by atoms with Gasteiger partial charge in [-0.15, -0.1) is 0 Å². The number of aliphatic carboxylic acids is 1. The van der Waals surface area contributed by atoms with Crippen molar-refractivity contribution in [3.63, 3.8) is 0 Å². The van der Waals surface area contributed by atoms with Gasteiger partial charge in [0.1, 0.15) is 5.54 Å².